The van der Waals surface area contributed by atoms with Crippen molar-refractivity contribution in [1.29, 1.82) is 0 Å². The Hall–Kier alpha value is -1.55. The fraction of sp³-hybridized carbons (Fsp3) is 0.562. The van der Waals surface area contributed by atoms with E-state index < -0.39 is 11.5 Å². The molecule has 4 nitrogen and oxygen atoms in total. The Bertz CT molecular complexity index is 475. The molecule has 0 aliphatic carbocycles. The number of hydrogen-bond donors (Lipinski definition) is 2. The molecule has 1 aliphatic heterocycles. The Morgan fingerprint density at radius 2 is 2.10 bits per heavy atom. The molecule has 0 saturated carbocycles. The monoisotopic (exact) mass is 276 g/mol. The third-order valence-corrected chi connectivity index (χ3v) is 4.31. The second kappa shape index (κ2) is 6.27. The lowest BCUT2D eigenvalue weighted by molar-refractivity contribution is -0.142. The smallest absolute Gasteiger partial charge is 0.329 e. The van der Waals surface area contributed by atoms with E-state index >= 15 is 0 Å². The zero-order valence-corrected chi connectivity index (χ0v) is 12.4. The average molecular weight is 276 g/mol. The fourth-order valence-corrected chi connectivity index (χ4v) is 2.87. The Labute approximate surface area is 120 Å². The first-order valence-electron chi connectivity index (χ1n) is 7.37. The molecule has 0 aromatic heterocycles. The van der Waals surface area contributed by atoms with E-state index in [1.165, 1.54) is 0 Å². The second-order valence-electron chi connectivity index (χ2n) is 5.61. The van der Waals surface area contributed by atoms with Crippen molar-refractivity contribution in [3.8, 4) is 0 Å². The SMILES string of the molecule is CCN1CCCC(Nc2ccccc2C)(C(=O)O)CC1. The second-order valence-corrected chi connectivity index (χ2v) is 5.61. The number of likely N-dealkylation sites (tertiary alicyclic amines) is 1. The standard InChI is InChI=1S/C16H24N2O2/c1-3-18-11-6-9-16(10-12-18,15(19)20)17-14-8-5-4-7-13(14)2/h4-5,7-8,17H,3,6,9-12H2,1-2H3,(H,19,20). The zero-order chi connectivity index (χ0) is 14.6. The molecule has 4 heteroatoms. The normalized spacial score (nSPS) is 24.1. The molecule has 1 fully saturated rings. The van der Waals surface area contributed by atoms with Gasteiger partial charge in [-0.3, -0.25) is 0 Å². The molecule has 0 spiro atoms. The van der Waals surface area contributed by atoms with Gasteiger partial charge in [0.1, 0.15) is 5.54 Å². The number of para-hydroxylation sites is 1. The summed E-state index contributed by atoms with van der Waals surface area (Å²) in [6.45, 7) is 6.94. The summed E-state index contributed by atoms with van der Waals surface area (Å²) >= 11 is 0. The number of anilines is 1. The van der Waals surface area contributed by atoms with E-state index in [2.05, 4.69) is 17.1 Å². The van der Waals surface area contributed by atoms with E-state index in [1.807, 2.05) is 31.2 Å². The van der Waals surface area contributed by atoms with Crippen LogP contribution in [0.2, 0.25) is 0 Å². The van der Waals surface area contributed by atoms with E-state index in [9.17, 15) is 9.90 Å². The molecule has 1 heterocycles. The molecule has 0 amide bonds. The molecule has 110 valence electrons. The first-order valence-corrected chi connectivity index (χ1v) is 7.37. The summed E-state index contributed by atoms with van der Waals surface area (Å²) in [6.07, 6.45) is 2.23. The number of carbonyl (C=O) groups is 1. The minimum Gasteiger partial charge on any atom is -0.480 e. The first kappa shape index (κ1) is 14.9. The Balaban J connectivity index is 2.22. The predicted octanol–water partition coefficient (Wildman–Crippen LogP) is 2.74. The summed E-state index contributed by atoms with van der Waals surface area (Å²) in [6, 6.07) is 7.88. The summed E-state index contributed by atoms with van der Waals surface area (Å²) in [5.74, 6) is -0.737. The number of rotatable bonds is 4. The Morgan fingerprint density at radius 1 is 1.35 bits per heavy atom. The van der Waals surface area contributed by atoms with E-state index in [0.717, 1.165) is 37.3 Å². The molecule has 1 unspecified atom stereocenters. The van der Waals surface area contributed by atoms with Crippen molar-refractivity contribution in [1.82, 2.24) is 4.90 Å². The van der Waals surface area contributed by atoms with Crippen LogP contribution in [0.3, 0.4) is 0 Å². The molecule has 1 aromatic rings. The third kappa shape index (κ3) is 3.12. The highest BCUT2D eigenvalue weighted by atomic mass is 16.4. The quantitative estimate of drug-likeness (QED) is 0.888. The number of nitrogens with zero attached hydrogens (tertiary/aromatic N) is 1. The maximum atomic E-state index is 11.9. The maximum Gasteiger partial charge on any atom is 0.329 e. The molecule has 0 bridgehead atoms. The molecule has 2 rings (SSSR count). The van der Waals surface area contributed by atoms with E-state index in [4.69, 9.17) is 0 Å². The van der Waals surface area contributed by atoms with Crippen LogP contribution >= 0.6 is 0 Å². The summed E-state index contributed by atoms with van der Waals surface area (Å²) < 4.78 is 0. The number of nitrogens with one attached hydrogen (secondary N) is 1. The lowest BCUT2D eigenvalue weighted by Crippen LogP contribution is -2.47. The van der Waals surface area contributed by atoms with Crippen molar-refractivity contribution in [2.45, 2.75) is 38.6 Å². The van der Waals surface area contributed by atoms with Crippen LogP contribution in [0.5, 0.6) is 0 Å². The van der Waals surface area contributed by atoms with Crippen molar-refractivity contribution in [3.63, 3.8) is 0 Å². The molecule has 1 atom stereocenters. The van der Waals surface area contributed by atoms with E-state index in [-0.39, 0.29) is 0 Å². The number of carboxylic acid groups (broad SMARTS) is 1. The number of aryl methyl sites for hydroxylation is 1. The van der Waals surface area contributed by atoms with Gasteiger partial charge in [0.05, 0.1) is 0 Å². The predicted molar refractivity (Wildman–Crippen MR) is 81.1 cm³/mol. The molecule has 1 saturated heterocycles. The topological polar surface area (TPSA) is 52.6 Å². The van der Waals surface area contributed by atoms with Crippen molar-refractivity contribution in [2.75, 3.05) is 25.0 Å². The van der Waals surface area contributed by atoms with Gasteiger partial charge in [-0.25, -0.2) is 4.79 Å². The van der Waals surface area contributed by atoms with Gasteiger partial charge in [0.15, 0.2) is 0 Å². The molecule has 2 N–H and O–H groups in total. The highest BCUT2D eigenvalue weighted by molar-refractivity contribution is 5.83. The number of benzene rings is 1. The highest BCUT2D eigenvalue weighted by Crippen LogP contribution is 2.29. The Morgan fingerprint density at radius 3 is 2.75 bits per heavy atom. The van der Waals surface area contributed by atoms with E-state index in [0.29, 0.717) is 12.8 Å². The van der Waals surface area contributed by atoms with Gasteiger partial charge in [-0.1, -0.05) is 25.1 Å². The molecular weight excluding hydrogens is 252 g/mol. The number of aliphatic carboxylic acids is 1. The third-order valence-electron chi connectivity index (χ3n) is 4.31. The van der Waals surface area contributed by atoms with Crippen LogP contribution in [-0.4, -0.2) is 41.1 Å². The van der Waals surface area contributed by atoms with Crippen LogP contribution in [0.4, 0.5) is 5.69 Å². The molecule has 0 radical (unpaired) electrons. The van der Waals surface area contributed by atoms with Crippen LogP contribution in [0, 0.1) is 6.92 Å². The van der Waals surface area contributed by atoms with Crippen LogP contribution in [0.15, 0.2) is 24.3 Å². The summed E-state index contributed by atoms with van der Waals surface area (Å²) in [5.41, 5.74) is 1.18. The van der Waals surface area contributed by atoms with Crippen molar-refractivity contribution >= 4 is 11.7 Å². The maximum absolute atomic E-state index is 11.9. The van der Waals surface area contributed by atoms with Gasteiger partial charge in [-0.2, -0.15) is 0 Å². The highest BCUT2D eigenvalue weighted by Gasteiger charge is 2.39. The minimum absolute atomic E-state index is 0.643. The van der Waals surface area contributed by atoms with Gasteiger partial charge in [0.2, 0.25) is 0 Å². The largest absolute Gasteiger partial charge is 0.480 e. The summed E-state index contributed by atoms with van der Waals surface area (Å²) in [7, 11) is 0. The summed E-state index contributed by atoms with van der Waals surface area (Å²) in [5, 5.41) is 13.1. The lowest BCUT2D eigenvalue weighted by Gasteiger charge is -2.31. The van der Waals surface area contributed by atoms with Gasteiger partial charge in [-0.15, -0.1) is 0 Å². The van der Waals surface area contributed by atoms with Crippen LogP contribution in [0.25, 0.3) is 0 Å². The molecule has 1 aliphatic rings. The number of carboxylic acids is 1. The van der Waals surface area contributed by atoms with Gasteiger partial charge in [-0.05, 0) is 50.9 Å². The fourth-order valence-electron chi connectivity index (χ4n) is 2.87. The van der Waals surface area contributed by atoms with Crippen LogP contribution in [0.1, 0.15) is 31.7 Å². The van der Waals surface area contributed by atoms with Crippen molar-refractivity contribution in [3.05, 3.63) is 29.8 Å². The minimum atomic E-state index is -0.837. The molecule has 20 heavy (non-hydrogen) atoms. The first-order chi connectivity index (χ1) is 9.57. The zero-order valence-electron chi connectivity index (χ0n) is 12.4. The summed E-state index contributed by atoms with van der Waals surface area (Å²) in [4.78, 5) is 14.2. The average Bonchev–Trinajstić information content (AvgIpc) is 2.65. The number of hydrogen-bond acceptors (Lipinski definition) is 3. The van der Waals surface area contributed by atoms with Gasteiger partial charge >= 0.3 is 5.97 Å². The van der Waals surface area contributed by atoms with Gasteiger partial charge in [0.25, 0.3) is 0 Å². The van der Waals surface area contributed by atoms with Crippen LogP contribution in [-0.2, 0) is 4.79 Å². The van der Waals surface area contributed by atoms with Gasteiger partial charge in [0, 0.05) is 12.2 Å². The molecular formula is C16H24N2O2. The van der Waals surface area contributed by atoms with Crippen molar-refractivity contribution in [2.24, 2.45) is 0 Å². The Kier molecular flexibility index (Phi) is 4.65. The van der Waals surface area contributed by atoms with Gasteiger partial charge < -0.3 is 15.3 Å². The van der Waals surface area contributed by atoms with Crippen LogP contribution < -0.4 is 5.32 Å². The van der Waals surface area contributed by atoms with E-state index in [1.54, 1.807) is 0 Å². The van der Waals surface area contributed by atoms with Crippen molar-refractivity contribution < 1.29 is 9.90 Å². The molecule has 1 aromatic carbocycles. The lowest BCUT2D eigenvalue weighted by atomic mass is 9.90.